The second-order valence-corrected chi connectivity index (χ2v) is 6.39. The third kappa shape index (κ3) is 7.31. The maximum atomic E-state index is 5.09. The first-order valence-electron chi connectivity index (χ1n) is 8.53. The lowest BCUT2D eigenvalue weighted by molar-refractivity contribution is 0.107. The van der Waals surface area contributed by atoms with Crippen LogP contribution in [0.15, 0.2) is 0 Å². The fourth-order valence-corrected chi connectivity index (χ4v) is 3.18. The second kappa shape index (κ2) is 10.7. The molecule has 1 aliphatic carbocycles. The normalized spacial score (nSPS) is 17.4. The van der Waals surface area contributed by atoms with E-state index < -0.39 is 0 Å². The number of ether oxygens (including phenoxy) is 1. The summed E-state index contributed by atoms with van der Waals surface area (Å²) in [7, 11) is 1.78. The molecular weight excluding hydrogens is 234 g/mol. The van der Waals surface area contributed by atoms with E-state index in [0.717, 1.165) is 13.2 Å². The van der Waals surface area contributed by atoms with Gasteiger partial charge in [-0.05, 0) is 24.7 Å². The van der Waals surface area contributed by atoms with E-state index >= 15 is 0 Å². The van der Waals surface area contributed by atoms with Crippen molar-refractivity contribution in [3.63, 3.8) is 0 Å². The molecule has 0 amide bonds. The Hall–Kier alpha value is -0.0800. The Labute approximate surface area is 120 Å². The van der Waals surface area contributed by atoms with Crippen LogP contribution in [-0.4, -0.2) is 26.8 Å². The Bertz CT molecular complexity index is 201. The lowest BCUT2D eigenvalue weighted by atomic mass is 9.66. The van der Waals surface area contributed by atoms with Gasteiger partial charge in [0.2, 0.25) is 0 Å². The third-order valence-electron chi connectivity index (χ3n) is 4.71. The van der Waals surface area contributed by atoms with Gasteiger partial charge in [-0.1, -0.05) is 58.3 Å². The first-order valence-corrected chi connectivity index (χ1v) is 8.53. The van der Waals surface area contributed by atoms with E-state index in [4.69, 9.17) is 4.74 Å². The summed E-state index contributed by atoms with van der Waals surface area (Å²) in [5.74, 6) is 0. The fraction of sp³-hybridized carbons (Fsp3) is 1.00. The average Bonchev–Trinajstić information content (AvgIpc) is 2.38. The van der Waals surface area contributed by atoms with Crippen LogP contribution in [0.5, 0.6) is 0 Å². The van der Waals surface area contributed by atoms with Crippen molar-refractivity contribution in [1.29, 1.82) is 0 Å². The van der Waals surface area contributed by atoms with E-state index in [2.05, 4.69) is 12.2 Å². The van der Waals surface area contributed by atoms with Crippen LogP contribution >= 0.6 is 0 Å². The standard InChI is InChI=1S/C17H35NO/c1-3-4-5-6-7-8-9-11-17(12-10-13-17)16-18-14-15-19-2/h18H,3-16H2,1-2H3. The summed E-state index contributed by atoms with van der Waals surface area (Å²) < 4.78 is 5.09. The number of hydrogen-bond donors (Lipinski definition) is 1. The molecule has 0 radical (unpaired) electrons. The second-order valence-electron chi connectivity index (χ2n) is 6.39. The zero-order valence-electron chi connectivity index (χ0n) is 13.3. The van der Waals surface area contributed by atoms with E-state index in [9.17, 15) is 0 Å². The fourth-order valence-electron chi connectivity index (χ4n) is 3.18. The molecule has 0 aliphatic heterocycles. The lowest BCUT2D eigenvalue weighted by Crippen LogP contribution is -2.40. The van der Waals surface area contributed by atoms with Crippen LogP contribution in [0.3, 0.4) is 0 Å². The molecule has 0 saturated heterocycles. The zero-order valence-corrected chi connectivity index (χ0v) is 13.3. The van der Waals surface area contributed by atoms with Gasteiger partial charge in [-0.25, -0.2) is 0 Å². The number of rotatable bonds is 13. The van der Waals surface area contributed by atoms with Gasteiger partial charge in [-0.15, -0.1) is 0 Å². The molecule has 114 valence electrons. The van der Waals surface area contributed by atoms with Crippen LogP contribution < -0.4 is 5.32 Å². The molecule has 0 unspecified atom stereocenters. The van der Waals surface area contributed by atoms with Gasteiger partial charge in [0, 0.05) is 20.2 Å². The molecule has 1 fully saturated rings. The molecule has 0 aromatic carbocycles. The van der Waals surface area contributed by atoms with Crippen molar-refractivity contribution >= 4 is 0 Å². The number of unbranched alkanes of at least 4 members (excludes halogenated alkanes) is 6. The van der Waals surface area contributed by atoms with Crippen LogP contribution in [0.25, 0.3) is 0 Å². The highest BCUT2D eigenvalue weighted by molar-refractivity contribution is 4.89. The van der Waals surface area contributed by atoms with Crippen molar-refractivity contribution in [2.45, 2.75) is 77.6 Å². The van der Waals surface area contributed by atoms with Gasteiger partial charge in [0.05, 0.1) is 6.61 Å². The molecule has 0 aromatic rings. The minimum absolute atomic E-state index is 0.650. The SMILES string of the molecule is CCCCCCCCCC1(CNCCOC)CCC1. The monoisotopic (exact) mass is 269 g/mol. The minimum Gasteiger partial charge on any atom is -0.383 e. The molecule has 0 aromatic heterocycles. The van der Waals surface area contributed by atoms with Gasteiger partial charge in [-0.2, -0.15) is 0 Å². The third-order valence-corrected chi connectivity index (χ3v) is 4.71. The zero-order chi connectivity index (χ0) is 13.8. The van der Waals surface area contributed by atoms with Crippen LogP contribution in [-0.2, 0) is 4.74 Å². The molecule has 0 heterocycles. The van der Waals surface area contributed by atoms with Crippen LogP contribution in [0.4, 0.5) is 0 Å². The summed E-state index contributed by atoms with van der Waals surface area (Å²) in [6.45, 7) is 5.35. The van der Waals surface area contributed by atoms with Crippen molar-refractivity contribution in [3.8, 4) is 0 Å². The summed E-state index contributed by atoms with van der Waals surface area (Å²) in [6, 6.07) is 0. The highest BCUT2D eigenvalue weighted by atomic mass is 16.5. The summed E-state index contributed by atoms with van der Waals surface area (Å²) in [4.78, 5) is 0. The Morgan fingerprint density at radius 1 is 1.00 bits per heavy atom. The number of hydrogen-bond acceptors (Lipinski definition) is 2. The quantitative estimate of drug-likeness (QED) is 0.496. The van der Waals surface area contributed by atoms with Gasteiger partial charge >= 0.3 is 0 Å². The Balaban J connectivity index is 1.98. The van der Waals surface area contributed by atoms with Gasteiger partial charge in [0.15, 0.2) is 0 Å². The maximum absolute atomic E-state index is 5.09. The minimum atomic E-state index is 0.650. The molecule has 2 nitrogen and oxygen atoms in total. The summed E-state index contributed by atoms with van der Waals surface area (Å²) in [5, 5.41) is 3.57. The molecule has 19 heavy (non-hydrogen) atoms. The molecule has 1 saturated carbocycles. The number of nitrogens with one attached hydrogen (secondary N) is 1. The van der Waals surface area contributed by atoms with E-state index in [-0.39, 0.29) is 0 Å². The topological polar surface area (TPSA) is 21.3 Å². The molecular formula is C17H35NO. The molecule has 0 bridgehead atoms. The van der Waals surface area contributed by atoms with Crippen molar-refractivity contribution < 1.29 is 4.74 Å². The van der Waals surface area contributed by atoms with Gasteiger partial charge < -0.3 is 10.1 Å². The molecule has 1 aliphatic rings. The largest absolute Gasteiger partial charge is 0.383 e. The molecule has 2 heteroatoms. The molecule has 0 spiro atoms. The highest BCUT2D eigenvalue weighted by Gasteiger charge is 2.35. The van der Waals surface area contributed by atoms with Gasteiger partial charge in [0.25, 0.3) is 0 Å². The van der Waals surface area contributed by atoms with E-state index in [1.165, 1.54) is 77.2 Å². The van der Waals surface area contributed by atoms with Crippen molar-refractivity contribution in [1.82, 2.24) is 5.32 Å². The lowest BCUT2D eigenvalue weighted by Gasteiger charge is -2.42. The van der Waals surface area contributed by atoms with Crippen molar-refractivity contribution in [2.24, 2.45) is 5.41 Å². The smallest absolute Gasteiger partial charge is 0.0587 e. The molecule has 1 N–H and O–H groups in total. The van der Waals surface area contributed by atoms with Crippen LogP contribution in [0.2, 0.25) is 0 Å². The van der Waals surface area contributed by atoms with Gasteiger partial charge in [0.1, 0.15) is 0 Å². The van der Waals surface area contributed by atoms with Gasteiger partial charge in [-0.3, -0.25) is 0 Å². The first-order chi connectivity index (χ1) is 9.33. The van der Waals surface area contributed by atoms with E-state index in [1.54, 1.807) is 7.11 Å². The first kappa shape index (κ1) is 17.0. The summed E-state index contributed by atoms with van der Waals surface area (Å²) >= 11 is 0. The van der Waals surface area contributed by atoms with Crippen molar-refractivity contribution in [3.05, 3.63) is 0 Å². The Kier molecular flexibility index (Phi) is 9.54. The predicted octanol–water partition coefficient (Wildman–Crippen LogP) is 4.53. The van der Waals surface area contributed by atoms with E-state index in [0.29, 0.717) is 5.41 Å². The van der Waals surface area contributed by atoms with E-state index in [1.807, 2.05) is 0 Å². The van der Waals surface area contributed by atoms with Crippen LogP contribution in [0.1, 0.15) is 77.6 Å². The molecule has 1 rings (SSSR count). The Morgan fingerprint density at radius 2 is 1.68 bits per heavy atom. The Morgan fingerprint density at radius 3 is 2.26 bits per heavy atom. The highest BCUT2D eigenvalue weighted by Crippen LogP contribution is 2.44. The van der Waals surface area contributed by atoms with Crippen LogP contribution in [0, 0.1) is 5.41 Å². The number of methoxy groups -OCH3 is 1. The summed E-state index contributed by atoms with van der Waals surface area (Å²) in [5.41, 5.74) is 0.650. The van der Waals surface area contributed by atoms with Crippen molar-refractivity contribution in [2.75, 3.05) is 26.8 Å². The predicted molar refractivity (Wildman–Crippen MR) is 83.6 cm³/mol. The maximum Gasteiger partial charge on any atom is 0.0587 e. The summed E-state index contributed by atoms with van der Waals surface area (Å²) in [6.07, 6.45) is 15.8. The average molecular weight is 269 g/mol. The molecule has 0 atom stereocenters.